The Balaban J connectivity index is 1.61. The number of hydrogen-bond donors (Lipinski definition) is 0. The van der Waals surface area contributed by atoms with Crippen LogP contribution in [0.3, 0.4) is 0 Å². The minimum Gasteiger partial charge on any atom is -0.479 e. The molecule has 0 unspecified atom stereocenters. The van der Waals surface area contributed by atoms with E-state index in [4.69, 9.17) is 9.26 Å². The summed E-state index contributed by atoms with van der Waals surface area (Å²) in [6.45, 7) is 7.70. The lowest BCUT2D eigenvalue weighted by molar-refractivity contribution is 0.0624. The molecule has 2 aromatic rings. The Morgan fingerprint density at radius 1 is 1.29 bits per heavy atom. The van der Waals surface area contributed by atoms with Crippen molar-refractivity contribution >= 4 is 5.91 Å². The summed E-state index contributed by atoms with van der Waals surface area (Å²) < 4.78 is 12.0. The summed E-state index contributed by atoms with van der Waals surface area (Å²) in [5.74, 6) is 1.21. The zero-order valence-electron chi connectivity index (χ0n) is 14.6. The van der Waals surface area contributed by atoms with Gasteiger partial charge in [0.15, 0.2) is 0 Å². The standard InChI is InChI=1S/C16H23N5O3/c1-11-13(12(2)24-18-11)10-20-5-7-21(8-6-20)16(22)14-9-19(3)17-15(14)23-4/h9H,5-8,10H2,1-4H3. The van der Waals surface area contributed by atoms with Crippen LogP contribution in [0.15, 0.2) is 10.7 Å². The molecule has 0 bridgehead atoms. The van der Waals surface area contributed by atoms with E-state index in [2.05, 4.69) is 15.2 Å². The third kappa shape index (κ3) is 3.14. The molecule has 3 heterocycles. The Morgan fingerprint density at radius 3 is 2.58 bits per heavy atom. The maximum Gasteiger partial charge on any atom is 0.261 e. The number of aryl methyl sites for hydroxylation is 3. The van der Waals surface area contributed by atoms with E-state index in [9.17, 15) is 4.79 Å². The van der Waals surface area contributed by atoms with Gasteiger partial charge < -0.3 is 14.2 Å². The molecular weight excluding hydrogens is 310 g/mol. The number of carbonyl (C=O) groups is 1. The van der Waals surface area contributed by atoms with Gasteiger partial charge in [-0.15, -0.1) is 5.10 Å². The predicted octanol–water partition coefficient (Wildman–Crippen LogP) is 0.992. The molecule has 1 aliphatic rings. The Kier molecular flexibility index (Phi) is 4.57. The van der Waals surface area contributed by atoms with Gasteiger partial charge in [0.05, 0.1) is 12.8 Å². The molecule has 0 radical (unpaired) electrons. The predicted molar refractivity (Wildman–Crippen MR) is 86.9 cm³/mol. The van der Waals surface area contributed by atoms with Crippen LogP contribution in [0, 0.1) is 13.8 Å². The summed E-state index contributed by atoms with van der Waals surface area (Å²) in [6.07, 6.45) is 1.71. The summed E-state index contributed by atoms with van der Waals surface area (Å²) in [7, 11) is 3.31. The maximum absolute atomic E-state index is 12.7. The molecule has 0 aliphatic carbocycles. The van der Waals surface area contributed by atoms with Crippen molar-refractivity contribution in [3.63, 3.8) is 0 Å². The molecule has 0 atom stereocenters. The van der Waals surface area contributed by atoms with Crippen LogP contribution in [0.25, 0.3) is 0 Å². The highest BCUT2D eigenvalue weighted by Gasteiger charge is 2.26. The zero-order chi connectivity index (χ0) is 17.3. The number of nitrogens with zero attached hydrogens (tertiary/aromatic N) is 5. The number of ether oxygens (including phenoxy) is 1. The van der Waals surface area contributed by atoms with E-state index >= 15 is 0 Å². The summed E-state index contributed by atoms with van der Waals surface area (Å²) in [4.78, 5) is 16.8. The lowest BCUT2D eigenvalue weighted by Crippen LogP contribution is -2.48. The average molecular weight is 333 g/mol. The normalized spacial score (nSPS) is 15.8. The second kappa shape index (κ2) is 6.64. The highest BCUT2D eigenvalue weighted by atomic mass is 16.5. The maximum atomic E-state index is 12.7. The number of hydrogen-bond acceptors (Lipinski definition) is 6. The fraction of sp³-hybridized carbons (Fsp3) is 0.562. The first-order valence-corrected chi connectivity index (χ1v) is 8.00. The molecule has 3 rings (SSSR count). The second-order valence-corrected chi connectivity index (χ2v) is 6.10. The Labute approximate surface area is 140 Å². The minimum atomic E-state index is -0.0306. The SMILES string of the molecule is COc1nn(C)cc1C(=O)N1CCN(Cc2c(C)noc2C)CC1. The Bertz CT molecular complexity index is 709. The van der Waals surface area contributed by atoms with Crippen LogP contribution >= 0.6 is 0 Å². The summed E-state index contributed by atoms with van der Waals surface area (Å²) in [5, 5.41) is 8.15. The first-order chi connectivity index (χ1) is 11.5. The smallest absolute Gasteiger partial charge is 0.261 e. The molecule has 0 saturated carbocycles. The van der Waals surface area contributed by atoms with E-state index in [1.54, 1.807) is 17.9 Å². The van der Waals surface area contributed by atoms with Gasteiger partial charge in [-0.05, 0) is 13.8 Å². The highest BCUT2D eigenvalue weighted by molar-refractivity contribution is 5.96. The van der Waals surface area contributed by atoms with Crippen molar-refractivity contribution in [2.75, 3.05) is 33.3 Å². The number of methoxy groups -OCH3 is 1. The van der Waals surface area contributed by atoms with E-state index < -0.39 is 0 Å². The van der Waals surface area contributed by atoms with Crippen LogP contribution in [0.2, 0.25) is 0 Å². The summed E-state index contributed by atoms with van der Waals surface area (Å²) in [6, 6.07) is 0. The Morgan fingerprint density at radius 2 is 2.00 bits per heavy atom. The van der Waals surface area contributed by atoms with Crippen molar-refractivity contribution in [3.05, 3.63) is 28.8 Å². The number of carbonyl (C=O) groups excluding carboxylic acids is 1. The van der Waals surface area contributed by atoms with Crippen LogP contribution < -0.4 is 4.74 Å². The fourth-order valence-electron chi connectivity index (χ4n) is 3.00. The third-order valence-electron chi connectivity index (χ3n) is 4.44. The van der Waals surface area contributed by atoms with Gasteiger partial charge in [0.2, 0.25) is 5.88 Å². The molecule has 0 aromatic carbocycles. The molecule has 2 aromatic heterocycles. The Hall–Kier alpha value is -2.35. The monoisotopic (exact) mass is 333 g/mol. The van der Waals surface area contributed by atoms with E-state index in [-0.39, 0.29) is 5.91 Å². The van der Waals surface area contributed by atoms with Gasteiger partial charge in [-0.2, -0.15) is 0 Å². The van der Waals surface area contributed by atoms with Crippen molar-refractivity contribution in [1.29, 1.82) is 0 Å². The van der Waals surface area contributed by atoms with E-state index in [0.717, 1.165) is 36.7 Å². The van der Waals surface area contributed by atoms with Crippen molar-refractivity contribution in [2.45, 2.75) is 20.4 Å². The molecule has 1 fully saturated rings. The molecule has 0 N–H and O–H groups in total. The average Bonchev–Trinajstić information content (AvgIpc) is 3.11. The summed E-state index contributed by atoms with van der Waals surface area (Å²) in [5.41, 5.74) is 2.59. The van der Waals surface area contributed by atoms with E-state index in [1.807, 2.05) is 18.7 Å². The van der Waals surface area contributed by atoms with Crippen LogP contribution in [0.1, 0.15) is 27.4 Å². The first kappa shape index (κ1) is 16.5. The van der Waals surface area contributed by atoms with Gasteiger partial charge >= 0.3 is 0 Å². The van der Waals surface area contributed by atoms with Crippen LogP contribution in [-0.2, 0) is 13.6 Å². The second-order valence-electron chi connectivity index (χ2n) is 6.10. The topological polar surface area (TPSA) is 76.6 Å². The van der Waals surface area contributed by atoms with Crippen LogP contribution in [0.4, 0.5) is 0 Å². The highest BCUT2D eigenvalue weighted by Crippen LogP contribution is 2.20. The minimum absolute atomic E-state index is 0.0306. The number of piperazine rings is 1. The molecular formula is C16H23N5O3. The van der Waals surface area contributed by atoms with Crippen LogP contribution in [-0.4, -0.2) is 63.9 Å². The summed E-state index contributed by atoms with van der Waals surface area (Å²) >= 11 is 0. The number of aromatic nitrogens is 3. The molecule has 1 amide bonds. The molecule has 1 aliphatic heterocycles. The largest absolute Gasteiger partial charge is 0.479 e. The van der Waals surface area contributed by atoms with Gasteiger partial charge in [0.25, 0.3) is 5.91 Å². The molecule has 24 heavy (non-hydrogen) atoms. The number of amides is 1. The molecule has 0 spiro atoms. The van der Waals surface area contributed by atoms with Gasteiger partial charge in [-0.1, -0.05) is 5.16 Å². The van der Waals surface area contributed by atoms with Crippen molar-refractivity contribution in [1.82, 2.24) is 24.7 Å². The first-order valence-electron chi connectivity index (χ1n) is 8.00. The van der Waals surface area contributed by atoms with E-state index in [1.165, 1.54) is 7.11 Å². The van der Waals surface area contributed by atoms with Gasteiger partial charge in [0, 0.05) is 51.5 Å². The van der Waals surface area contributed by atoms with Crippen molar-refractivity contribution in [3.8, 4) is 5.88 Å². The van der Waals surface area contributed by atoms with E-state index in [0.29, 0.717) is 24.5 Å². The number of rotatable bonds is 4. The van der Waals surface area contributed by atoms with Crippen LogP contribution in [0.5, 0.6) is 5.88 Å². The van der Waals surface area contributed by atoms with Crippen molar-refractivity contribution in [2.24, 2.45) is 7.05 Å². The van der Waals surface area contributed by atoms with Crippen molar-refractivity contribution < 1.29 is 14.1 Å². The third-order valence-corrected chi connectivity index (χ3v) is 4.44. The quantitative estimate of drug-likeness (QED) is 0.830. The molecule has 8 nitrogen and oxygen atoms in total. The van der Waals surface area contributed by atoms with Gasteiger partial charge in [-0.3, -0.25) is 14.4 Å². The van der Waals surface area contributed by atoms with Gasteiger partial charge in [0.1, 0.15) is 11.3 Å². The molecule has 1 saturated heterocycles. The lowest BCUT2D eigenvalue weighted by atomic mass is 10.1. The molecule has 130 valence electrons. The lowest BCUT2D eigenvalue weighted by Gasteiger charge is -2.34. The zero-order valence-corrected chi connectivity index (χ0v) is 14.6. The molecule has 8 heteroatoms. The fourth-order valence-corrected chi connectivity index (χ4v) is 3.00. The van der Waals surface area contributed by atoms with Gasteiger partial charge in [-0.25, -0.2) is 0 Å².